The fourth-order valence-electron chi connectivity index (χ4n) is 2.18. The van der Waals surface area contributed by atoms with Crippen molar-refractivity contribution in [2.45, 2.75) is 19.8 Å². The Morgan fingerprint density at radius 2 is 2.10 bits per heavy atom. The highest BCUT2D eigenvalue weighted by Gasteiger charge is 2.13. The van der Waals surface area contributed by atoms with Crippen molar-refractivity contribution in [1.29, 1.82) is 0 Å². The molecule has 0 aliphatic rings. The van der Waals surface area contributed by atoms with Crippen molar-refractivity contribution >= 4 is 5.82 Å². The first-order valence-corrected chi connectivity index (χ1v) is 6.56. The Morgan fingerprint density at radius 3 is 2.70 bits per heavy atom. The van der Waals surface area contributed by atoms with Crippen LogP contribution in [0.2, 0.25) is 0 Å². The van der Waals surface area contributed by atoms with E-state index < -0.39 is 5.82 Å². The Kier molecular flexibility index (Phi) is 4.50. The highest BCUT2D eigenvalue weighted by molar-refractivity contribution is 5.68. The number of nitrogens with one attached hydrogen (secondary N) is 1. The molecular weight excluding hydrogens is 257 g/mol. The Labute approximate surface area is 118 Å². The summed E-state index contributed by atoms with van der Waals surface area (Å²) in [6.45, 7) is 2.09. The monoisotopic (exact) mass is 275 g/mol. The van der Waals surface area contributed by atoms with Gasteiger partial charge in [0, 0.05) is 18.2 Å². The first-order chi connectivity index (χ1) is 9.71. The van der Waals surface area contributed by atoms with Gasteiger partial charge in [0.25, 0.3) is 0 Å². The van der Waals surface area contributed by atoms with Crippen LogP contribution in [0.15, 0.2) is 24.5 Å². The Balaban J connectivity index is 2.54. The maximum Gasteiger partial charge on any atom is 0.165 e. The first-order valence-electron chi connectivity index (χ1n) is 6.56. The van der Waals surface area contributed by atoms with Crippen molar-refractivity contribution in [2.24, 2.45) is 0 Å². The number of hydrogen-bond acceptors (Lipinski definition) is 4. The van der Waals surface area contributed by atoms with E-state index in [9.17, 15) is 4.39 Å². The molecule has 2 aromatic rings. The molecule has 1 heterocycles. The fraction of sp³-hybridized carbons (Fsp3) is 0.333. The molecule has 0 atom stereocenters. The standard InChI is InChI=1S/C15H18FN3O/c1-4-5-11-14(18-9-19-15(11)17-2)10-6-7-13(20-3)12(16)8-10/h6-9H,4-5H2,1-3H3,(H,17,18,19). The molecule has 0 aliphatic carbocycles. The smallest absolute Gasteiger partial charge is 0.165 e. The second-order valence-electron chi connectivity index (χ2n) is 4.40. The van der Waals surface area contributed by atoms with Gasteiger partial charge in [0.1, 0.15) is 12.1 Å². The van der Waals surface area contributed by atoms with Gasteiger partial charge in [-0.1, -0.05) is 13.3 Å². The largest absolute Gasteiger partial charge is 0.494 e. The van der Waals surface area contributed by atoms with Crippen molar-refractivity contribution < 1.29 is 9.13 Å². The number of benzene rings is 1. The summed E-state index contributed by atoms with van der Waals surface area (Å²) in [5, 5.41) is 3.06. The van der Waals surface area contributed by atoms with E-state index in [2.05, 4.69) is 22.2 Å². The molecule has 0 bridgehead atoms. The summed E-state index contributed by atoms with van der Waals surface area (Å²) in [6, 6.07) is 4.87. The summed E-state index contributed by atoms with van der Waals surface area (Å²) in [7, 11) is 3.27. The third-order valence-electron chi connectivity index (χ3n) is 3.11. The van der Waals surface area contributed by atoms with Crippen molar-refractivity contribution in [1.82, 2.24) is 9.97 Å². The summed E-state index contributed by atoms with van der Waals surface area (Å²) in [6.07, 6.45) is 3.29. The predicted molar refractivity (Wildman–Crippen MR) is 77.5 cm³/mol. The van der Waals surface area contributed by atoms with Gasteiger partial charge in [0.15, 0.2) is 11.6 Å². The lowest BCUT2D eigenvalue weighted by Crippen LogP contribution is -2.03. The number of ether oxygens (including phenoxy) is 1. The molecule has 0 radical (unpaired) electrons. The summed E-state index contributed by atoms with van der Waals surface area (Å²) >= 11 is 0. The van der Waals surface area contributed by atoms with Gasteiger partial charge in [-0.2, -0.15) is 0 Å². The van der Waals surface area contributed by atoms with Crippen molar-refractivity contribution in [3.05, 3.63) is 35.9 Å². The molecule has 0 unspecified atom stereocenters. The van der Waals surface area contributed by atoms with E-state index in [1.807, 2.05) is 13.1 Å². The molecule has 1 aromatic heterocycles. The van der Waals surface area contributed by atoms with Crippen LogP contribution in [0.1, 0.15) is 18.9 Å². The number of nitrogens with zero attached hydrogens (tertiary/aromatic N) is 2. The zero-order chi connectivity index (χ0) is 14.5. The third kappa shape index (κ3) is 2.71. The van der Waals surface area contributed by atoms with Crippen molar-refractivity contribution in [2.75, 3.05) is 19.5 Å². The Hall–Kier alpha value is -2.17. The molecule has 0 amide bonds. The molecule has 106 valence electrons. The van der Waals surface area contributed by atoms with E-state index in [-0.39, 0.29) is 5.75 Å². The number of methoxy groups -OCH3 is 1. The van der Waals surface area contributed by atoms with Crippen LogP contribution in [0.3, 0.4) is 0 Å². The molecular formula is C15H18FN3O. The van der Waals surface area contributed by atoms with Crippen LogP contribution in [0.4, 0.5) is 10.2 Å². The Morgan fingerprint density at radius 1 is 1.30 bits per heavy atom. The molecule has 2 rings (SSSR count). The SMILES string of the molecule is CCCc1c(NC)ncnc1-c1ccc(OC)c(F)c1. The van der Waals surface area contributed by atoms with Gasteiger partial charge in [0.05, 0.1) is 12.8 Å². The van der Waals surface area contributed by atoms with Crippen LogP contribution in [0.25, 0.3) is 11.3 Å². The summed E-state index contributed by atoms with van der Waals surface area (Å²) < 4.78 is 18.8. The topological polar surface area (TPSA) is 47.0 Å². The minimum absolute atomic E-state index is 0.230. The molecule has 20 heavy (non-hydrogen) atoms. The van der Waals surface area contributed by atoms with Gasteiger partial charge in [-0.3, -0.25) is 0 Å². The van der Waals surface area contributed by atoms with E-state index in [0.717, 1.165) is 35.5 Å². The summed E-state index contributed by atoms with van der Waals surface area (Å²) in [4.78, 5) is 8.53. The summed E-state index contributed by atoms with van der Waals surface area (Å²) in [5.41, 5.74) is 2.49. The molecule has 1 aromatic carbocycles. The number of rotatable bonds is 5. The molecule has 5 heteroatoms. The lowest BCUT2D eigenvalue weighted by Gasteiger charge is -2.12. The lowest BCUT2D eigenvalue weighted by molar-refractivity contribution is 0.386. The normalized spacial score (nSPS) is 10.4. The molecule has 0 saturated heterocycles. The second-order valence-corrected chi connectivity index (χ2v) is 4.40. The third-order valence-corrected chi connectivity index (χ3v) is 3.11. The molecule has 0 spiro atoms. The zero-order valence-electron chi connectivity index (χ0n) is 11.9. The van der Waals surface area contributed by atoms with Crippen LogP contribution in [0, 0.1) is 5.82 Å². The highest BCUT2D eigenvalue weighted by atomic mass is 19.1. The number of anilines is 1. The first kappa shape index (κ1) is 14.2. The van der Waals surface area contributed by atoms with Gasteiger partial charge in [-0.25, -0.2) is 14.4 Å². The summed E-state index contributed by atoms with van der Waals surface area (Å²) in [5.74, 6) is 0.624. The van der Waals surface area contributed by atoms with E-state index >= 15 is 0 Å². The van der Waals surface area contributed by atoms with Crippen molar-refractivity contribution in [3.63, 3.8) is 0 Å². The van der Waals surface area contributed by atoms with Gasteiger partial charge in [0.2, 0.25) is 0 Å². The average molecular weight is 275 g/mol. The minimum Gasteiger partial charge on any atom is -0.494 e. The Bertz CT molecular complexity index is 602. The van der Waals surface area contributed by atoms with E-state index in [1.165, 1.54) is 19.5 Å². The number of hydrogen-bond donors (Lipinski definition) is 1. The number of aromatic nitrogens is 2. The highest BCUT2D eigenvalue weighted by Crippen LogP contribution is 2.29. The maximum atomic E-state index is 13.9. The van der Waals surface area contributed by atoms with Crippen LogP contribution >= 0.6 is 0 Å². The van der Waals surface area contributed by atoms with E-state index in [0.29, 0.717) is 0 Å². The van der Waals surface area contributed by atoms with Crippen LogP contribution in [-0.2, 0) is 6.42 Å². The predicted octanol–water partition coefficient (Wildman–Crippen LogP) is 3.29. The molecule has 0 fully saturated rings. The fourth-order valence-corrected chi connectivity index (χ4v) is 2.18. The van der Waals surface area contributed by atoms with E-state index in [4.69, 9.17) is 4.74 Å². The molecule has 0 saturated carbocycles. The van der Waals surface area contributed by atoms with Gasteiger partial charge >= 0.3 is 0 Å². The van der Waals surface area contributed by atoms with Gasteiger partial charge in [-0.05, 0) is 24.6 Å². The van der Waals surface area contributed by atoms with Crippen LogP contribution in [0.5, 0.6) is 5.75 Å². The lowest BCUT2D eigenvalue weighted by atomic mass is 10.0. The van der Waals surface area contributed by atoms with Crippen LogP contribution in [-0.4, -0.2) is 24.1 Å². The van der Waals surface area contributed by atoms with Crippen LogP contribution < -0.4 is 10.1 Å². The quantitative estimate of drug-likeness (QED) is 0.909. The number of halogens is 1. The van der Waals surface area contributed by atoms with E-state index in [1.54, 1.807) is 6.07 Å². The maximum absolute atomic E-state index is 13.9. The minimum atomic E-state index is -0.392. The van der Waals surface area contributed by atoms with Crippen molar-refractivity contribution in [3.8, 4) is 17.0 Å². The van der Waals surface area contributed by atoms with Gasteiger partial charge < -0.3 is 10.1 Å². The zero-order valence-corrected chi connectivity index (χ0v) is 11.9. The average Bonchev–Trinajstić information content (AvgIpc) is 2.47. The molecule has 0 aliphatic heterocycles. The van der Waals surface area contributed by atoms with Gasteiger partial charge in [-0.15, -0.1) is 0 Å². The molecule has 1 N–H and O–H groups in total. The second kappa shape index (κ2) is 6.32. The molecule has 4 nitrogen and oxygen atoms in total.